The van der Waals surface area contributed by atoms with Gasteiger partial charge in [-0.05, 0) is 45.7 Å². The number of ether oxygens (including phenoxy) is 1. The Morgan fingerprint density at radius 3 is 2.61 bits per heavy atom. The molecule has 2 aliphatic rings. The zero-order valence-corrected chi connectivity index (χ0v) is 11.7. The van der Waals surface area contributed by atoms with Gasteiger partial charge in [0, 0.05) is 24.5 Å². The Bertz CT molecular complexity index is 269. The van der Waals surface area contributed by atoms with Crippen molar-refractivity contribution in [3.05, 3.63) is 0 Å². The highest BCUT2D eigenvalue weighted by Gasteiger charge is 2.35. The van der Waals surface area contributed by atoms with Crippen molar-refractivity contribution >= 4 is 5.97 Å². The minimum absolute atomic E-state index is 0.1000. The van der Waals surface area contributed by atoms with Gasteiger partial charge >= 0.3 is 5.97 Å². The van der Waals surface area contributed by atoms with E-state index < -0.39 is 0 Å². The van der Waals surface area contributed by atoms with E-state index in [4.69, 9.17) is 0 Å². The van der Waals surface area contributed by atoms with E-state index >= 15 is 0 Å². The van der Waals surface area contributed by atoms with Gasteiger partial charge in [-0.2, -0.15) is 0 Å². The molecule has 0 aromatic heterocycles. The van der Waals surface area contributed by atoms with Crippen LogP contribution in [0.3, 0.4) is 0 Å². The summed E-state index contributed by atoms with van der Waals surface area (Å²) >= 11 is 0. The molecule has 0 spiro atoms. The minimum Gasteiger partial charge on any atom is -0.469 e. The van der Waals surface area contributed by atoms with E-state index in [0.29, 0.717) is 12.5 Å². The predicted octanol–water partition coefficient (Wildman–Crippen LogP) is 1.54. The van der Waals surface area contributed by atoms with Gasteiger partial charge in [-0.25, -0.2) is 0 Å². The molecule has 104 valence electrons. The molecule has 2 heterocycles. The molecule has 2 aliphatic heterocycles. The molecule has 2 fully saturated rings. The third-order valence-electron chi connectivity index (χ3n) is 4.56. The monoisotopic (exact) mass is 254 g/mol. The summed E-state index contributed by atoms with van der Waals surface area (Å²) in [6, 6.07) is 2.19. The summed E-state index contributed by atoms with van der Waals surface area (Å²) in [5.41, 5.74) is 0. The summed E-state index contributed by atoms with van der Waals surface area (Å²) in [6.07, 6.45) is 8.06. The standard InChI is InChI=1S/C14H26N2O2/c1-16-12-5-3-6-13(16)10-11(9-12)15-8-4-7-14(17)18-2/h11-13,15H,3-10H2,1-2H3. The molecule has 4 heteroatoms. The van der Waals surface area contributed by atoms with Gasteiger partial charge in [-0.1, -0.05) is 6.42 Å². The first-order valence-electron chi connectivity index (χ1n) is 7.23. The van der Waals surface area contributed by atoms with Crippen molar-refractivity contribution in [2.45, 2.75) is 63.1 Å². The summed E-state index contributed by atoms with van der Waals surface area (Å²) in [4.78, 5) is 13.6. The molecule has 1 N–H and O–H groups in total. The number of carbonyl (C=O) groups is 1. The molecule has 0 aliphatic carbocycles. The van der Waals surface area contributed by atoms with Crippen LogP contribution in [0.15, 0.2) is 0 Å². The number of nitrogens with one attached hydrogen (secondary N) is 1. The number of carbonyl (C=O) groups excluding carboxylic acids is 1. The summed E-state index contributed by atoms with van der Waals surface area (Å²) in [6.45, 7) is 0.933. The van der Waals surface area contributed by atoms with E-state index in [1.807, 2.05) is 0 Å². The van der Waals surface area contributed by atoms with Crippen molar-refractivity contribution in [3.8, 4) is 0 Å². The molecule has 0 radical (unpaired) electrons. The fourth-order valence-corrected chi connectivity index (χ4v) is 3.42. The first kappa shape index (κ1) is 13.8. The highest BCUT2D eigenvalue weighted by Crippen LogP contribution is 2.32. The van der Waals surface area contributed by atoms with Crippen LogP contribution >= 0.6 is 0 Å². The van der Waals surface area contributed by atoms with Gasteiger partial charge in [0.25, 0.3) is 0 Å². The summed E-state index contributed by atoms with van der Waals surface area (Å²) < 4.78 is 4.64. The fourth-order valence-electron chi connectivity index (χ4n) is 3.42. The van der Waals surface area contributed by atoms with Crippen LogP contribution in [0.2, 0.25) is 0 Å². The summed E-state index contributed by atoms with van der Waals surface area (Å²) in [7, 11) is 3.73. The molecule has 2 unspecified atom stereocenters. The van der Waals surface area contributed by atoms with Gasteiger partial charge < -0.3 is 15.0 Å². The molecular formula is C14H26N2O2. The highest BCUT2D eigenvalue weighted by molar-refractivity contribution is 5.69. The molecule has 18 heavy (non-hydrogen) atoms. The van der Waals surface area contributed by atoms with Crippen LogP contribution in [0.4, 0.5) is 0 Å². The molecule has 2 bridgehead atoms. The number of nitrogens with zero attached hydrogens (tertiary/aromatic N) is 1. The maximum Gasteiger partial charge on any atom is 0.305 e. The zero-order valence-electron chi connectivity index (χ0n) is 11.7. The van der Waals surface area contributed by atoms with Gasteiger partial charge in [0.1, 0.15) is 0 Å². The number of methoxy groups -OCH3 is 1. The van der Waals surface area contributed by atoms with E-state index in [-0.39, 0.29) is 5.97 Å². The number of hydrogen-bond donors (Lipinski definition) is 1. The van der Waals surface area contributed by atoms with Crippen LogP contribution in [0.25, 0.3) is 0 Å². The van der Waals surface area contributed by atoms with Crippen molar-refractivity contribution in [2.24, 2.45) is 0 Å². The van der Waals surface area contributed by atoms with Gasteiger partial charge in [0.2, 0.25) is 0 Å². The average Bonchev–Trinajstić information content (AvgIpc) is 2.35. The quantitative estimate of drug-likeness (QED) is 0.597. The van der Waals surface area contributed by atoms with E-state index in [2.05, 4.69) is 22.0 Å². The lowest BCUT2D eigenvalue weighted by Crippen LogP contribution is -2.54. The number of rotatable bonds is 5. The molecule has 0 aromatic carbocycles. The lowest BCUT2D eigenvalue weighted by molar-refractivity contribution is -0.140. The third-order valence-corrected chi connectivity index (χ3v) is 4.56. The second kappa shape index (κ2) is 6.53. The maximum absolute atomic E-state index is 11.0. The summed E-state index contributed by atoms with van der Waals surface area (Å²) in [5.74, 6) is -0.1000. The molecule has 2 saturated heterocycles. The van der Waals surface area contributed by atoms with E-state index in [1.165, 1.54) is 39.2 Å². The second-order valence-electron chi connectivity index (χ2n) is 5.71. The van der Waals surface area contributed by atoms with Crippen LogP contribution in [0.5, 0.6) is 0 Å². The highest BCUT2D eigenvalue weighted by atomic mass is 16.5. The number of piperidine rings is 2. The van der Waals surface area contributed by atoms with Gasteiger partial charge in [0.05, 0.1) is 7.11 Å². The van der Waals surface area contributed by atoms with Gasteiger partial charge in [0.15, 0.2) is 0 Å². The Hall–Kier alpha value is -0.610. The van der Waals surface area contributed by atoms with E-state index in [9.17, 15) is 4.79 Å². The molecule has 0 saturated carbocycles. The first-order chi connectivity index (χ1) is 8.70. The third kappa shape index (κ3) is 3.45. The Balaban J connectivity index is 1.67. The van der Waals surface area contributed by atoms with Crippen molar-refractivity contribution in [2.75, 3.05) is 20.7 Å². The average molecular weight is 254 g/mol. The van der Waals surface area contributed by atoms with Crippen molar-refractivity contribution in [3.63, 3.8) is 0 Å². The lowest BCUT2D eigenvalue weighted by atomic mass is 9.82. The Labute approximate surface area is 110 Å². The first-order valence-corrected chi connectivity index (χ1v) is 7.23. The molecule has 2 rings (SSSR count). The van der Waals surface area contributed by atoms with Crippen LogP contribution in [0.1, 0.15) is 44.9 Å². The predicted molar refractivity (Wildman–Crippen MR) is 71.5 cm³/mol. The Morgan fingerprint density at radius 1 is 1.33 bits per heavy atom. The molecule has 4 nitrogen and oxygen atoms in total. The van der Waals surface area contributed by atoms with Crippen LogP contribution < -0.4 is 5.32 Å². The minimum atomic E-state index is -0.1000. The van der Waals surface area contributed by atoms with Crippen LogP contribution in [-0.4, -0.2) is 49.7 Å². The zero-order chi connectivity index (χ0) is 13.0. The maximum atomic E-state index is 11.0. The number of hydrogen-bond acceptors (Lipinski definition) is 4. The van der Waals surface area contributed by atoms with Crippen LogP contribution in [0, 0.1) is 0 Å². The van der Waals surface area contributed by atoms with Gasteiger partial charge in [-0.3, -0.25) is 4.79 Å². The normalized spacial score (nSPS) is 32.2. The Morgan fingerprint density at radius 2 is 2.00 bits per heavy atom. The molecular weight excluding hydrogens is 228 g/mol. The lowest BCUT2D eigenvalue weighted by Gasteiger charge is -2.47. The van der Waals surface area contributed by atoms with Gasteiger partial charge in [-0.15, -0.1) is 0 Å². The summed E-state index contributed by atoms with van der Waals surface area (Å²) in [5, 5.41) is 3.62. The van der Waals surface area contributed by atoms with E-state index in [0.717, 1.165) is 25.0 Å². The van der Waals surface area contributed by atoms with Crippen molar-refractivity contribution in [1.82, 2.24) is 10.2 Å². The van der Waals surface area contributed by atoms with Crippen LogP contribution in [-0.2, 0) is 9.53 Å². The SMILES string of the molecule is COC(=O)CCCNC1CC2CCCC(C1)N2C. The fraction of sp³-hybridized carbons (Fsp3) is 0.929. The molecule has 2 atom stereocenters. The van der Waals surface area contributed by atoms with E-state index in [1.54, 1.807) is 0 Å². The smallest absolute Gasteiger partial charge is 0.305 e. The van der Waals surface area contributed by atoms with Crippen molar-refractivity contribution < 1.29 is 9.53 Å². The number of fused-ring (bicyclic) bond motifs is 2. The topological polar surface area (TPSA) is 41.6 Å². The Kier molecular flexibility index (Phi) is 5.01. The number of esters is 1. The molecule has 0 amide bonds. The largest absolute Gasteiger partial charge is 0.469 e. The van der Waals surface area contributed by atoms with Crippen molar-refractivity contribution in [1.29, 1.82) is 0 Å². The second-order valence-corrected chi connectivity index (χ2v) is 5.71. The molecule has 0 aromatic rings.